The van der Waals surface area contributed by atoms with Gasteiger partial charge in [0.1, 0.15) is 11.0 Å². The molecule has 0 atom stereocenters. The summed E-state index contributed by atoms with van der Waals surface area (Å²) in [6, 6.07) is 9.67. The molecule has 2 aliphatic rings. The van der Waals surface area contributed by atoms with Crippen molar-refractivity contribution in [2.45, 2.75) is 18.8 Å². The second-order valence-electron chi connectivity index (χ2n) is 6.84. The molecule has 5 rings (SSSR count). The average Bonchev–Trinajstić information content (AvgIpc) is 3.45. The van der Waals surface area contributed by atoms with Crippen molar-refractivity contribution in [3.8, 4) is 0 Å². The zero-order valence-corrected chi connectivity index (χ0v) is 15.0. The first-order chi connectivity index (χ1) is 12.8. The van der Waals surface area contributed by atoms with E-state index in [2.05, 4.69) is 36.0 Å². The third kappa shape index (κ3) is 2.90. The normalized spacial score (nSPS) is 17.7. The highest BCUT2D eigenvalue weighted by atomic mass is 32.1. The first-order valence-corrected chi connectivity index (χ1v) is 9.61. The number of piperazine rings is 1. The number of hydrogen-bond donors (Lipinski definition) is 0. The maximum atomic E-state index is 12.8. The number of anilines is 1. The number of aromatic nitrogens is 4. The van der Waals surface area contributed by atoms with Crippen molar-refractivity contribution in [2.75, 3.05) is 31.1 Å². The van der Waals surface area contributed by atoms with Crippen molar-refractivity contribution < 1.29 is 4.79 Å². The van der Waals surface area contributed by atoms with E-state index in [0.717, 1.165) is 35.6 Å². The summed E-state index contributed by atoms with van der Waals surface area (Å²) in [6.45, 7) is 2.89. The van der Waals surface area contributed by atoms with Gasteiger partial charge in [-0.1, -0.05) is 0 Å². The van der Waals surface area contributed by atoms with E-state index in [0.29, 0.717) is 24.6 Å². The molecule has 132 valence electrons. The number of nitrogens with zero attached hydrogens (tertiary/aromatic N) is 6. The van der Waals surface area contributed by atoms with Crippen LogP contribution in [0.25, 0.3) is 11.0 Å². The summed E-state index contributed by atoms with van der Waals surface area (Å²) in [5, 5.41) is 8.74. The predicted molar refractivity (Wildman–Crippen MR) is 99.5 cm³/mol. The van der Waals surface area contributed by atoms with Gasteiger partial charge in [-0.3, -0.25) is 4.79 Å². The van der Waals surface area contributed by atoms with Crippen LogP contribution in [0.2, 0.25) is 0 Å². The minimum atomic E-state index is 0.0507. The molecule has 0 unspecified atom stereocenters. The van der Waals surface area contributed by atoms with Crippen LogP contribution in [0.4, 0.5) is 5.82 Å². The lowest BCUT2D eigenvalue weighted by Crippen LogP contribution is -2.49. The van der Waals surface area contributed by atoms with Crippen LogP contribution in [0.3, 0.4) is 0 Å². The Hall–Kier alpha value is -2.61. The topological polar surface area (TPSA) is 75.1 Å². The molecule has 3 aromatic rings. The molecule has 8 heteroatoms. The summed E-state index contributed by atoms with van der Waals surface area (Å²) >= 11 is 1.17. The Morgan fingerprint density at radius 3 is 2.50 bits per heavy atom. The number of carbonyl (C=O) groups is 1. The molecule has 1 amide bonds. The molecule has 1 aliphatic carbocycles. The Bertz CT molecular complexity index is 944. The van der Waals surface area contributed by atoms with Gasteiger partial charge in [-0.2, -0.15) is 13.8 Å². The van der Waals surface area contributed by atoms with Gasteiger partial charge in [-0.15, -0.1) is 5.10 Å². The maximum Gasteiger partial charge on any atom is 0.254 e. The lowest BCUT2D eigenvalue weighted by atomic mass is 10.1. The van der Waals surface area contributed by atoms with Crippen molar-refractivity contribution in [3.63, 3.8) is 0 Å². The molecular formula is C18H18N6OS. The number of carbonyl (C=O) groups excluding carboxylic acids is 1. The molecular weight excluding hydrogens is 348 g/mol. The van der Waals surface area contributed by atoms with Gasteiger partial charge in [0.15, 0.2) is 5.82 Å². The number of amides is 1. The van der Waals surface area contributed by atoms with E-state index in [4.69, 9.17) is 0 Å². The molecule has 1 aromatic carbocycles. The van der Waals surface area contributed by atoms with Crippen molar-refractivity contribution in [2.24, 2.45) is 0 Å². The SMILES string of the molecule is O=C(c1ccc2nsnc2c1)N1CCN(c2ccc(C3CC3)nn2)CC1. The lowest BCUT2D eigenvalue weighted by Gasteiger charge is -2.35. The van der Waals surface area contributed by atoms with Crippen LogP contribution in [0.1, 0.15) is 34.8 Å². The largest absolute Gasteiger partial charge is 0.352 e. The number of hydrogen-bond acceptors (Lipinski definition) is 7. The molecule has 0 spiro atoms. The number of fused-ring (bicyclic) bond motifs is 1. The third-order valence-corrected chi connectivity index (χ3v) is 5.61. The van der Waals surface area contributed by atoms with Crippen molar-refractivity contribution in [1.29, 1.82) is 0 Å². The summed E-state index contributed by atoms with van der Waals surface area (Å²) in [4.78, 5) is 16.9. The van der Waals surface area contributed by atoms with Crippen LogP contribution in [-0.4, -0.2) is 55.9 Å². The van der Waals surface area contributed by atoms with Crippen LogP contribution in [0.15, 0.2) is 30.3 Å². The molecule has 2 fully saturated rings. The number of rotatable bonds is 3. The molecule has 0 N–H and O–H groups in total. The second-order valence-corrected chi connectivity index (χ2v) is 7.37. The minimum Gasteiger partial charge on any atom is -0.352 e. The Balaban J connectivity index is 1.25. The standard InChI is InChI=1S/C18H18N6OS/c25-18(13-3-4-15-16(11-13)22-26-21-15)24-9-7-23(8-10-24)17-6-5-14(19-20-17)12-1-2-12/h3-6,11-12H,1-2,7-10H2. The van der Waals surface area contributed by atoms with E-state index in [9.17, 15) is 4.79 Å². The summed E-state index contributed by atoms with van der Waals surface area (Å²) in [7, 11) is 0. The van der Waals surface area contributed by atoms with Gasteiger partial charge in [0.25, 0.3) is 5.91 Å². The van der Waals surface area contributed by atoms with Gasteiger partial charge in [0.05, 0.1) is 17.4 Å². The van der Waals surface area contributed by atoms with Crippen LogP contribution in [0.5, 0.6) is 0 Å². The lowest BCUT2D eigenvalue weighted by molar-refractivity contribution is 0.0746. The van der Waals surface area contributed by atoms with Crippen LogP contribution >= 0.6 is 11.7 Å². The van der Waals surface area contributed by atoms with Gasteiger partial charge in [-0.25, -0.2) is 0 Å². The van der Waals surface area contributed by atoms with E-state index in [1.807, 2.05) is 23.1 Å². The highest BCUT2D eigenvalue weighted by Crippen LogP contribution is 2.38. The quantitative estimate of drug-likeness (QED) is 0.708. The zero-order valence-electron chi connectivity index (χ0n) is 14.2. The van der Waals surface area contributed by atoms with Gasteiger partial charge >= 0.3 is 0 Å². The highest BCUT2D eigenvalue weighted by molar-refractivity contribution is 7.00. The van der Waals surface area contributed by atoms with Crippen LogP contribution in [-0.2, 0) is 0 Å². The van der Waals surface area contributed by atoms with Crippen molar-refractivity contribution >= 4 is 34.5 Å². The molecule has 1 saturated heterocycles. The smallest absolute Gasteiger partial charge is 0.254 e. The first kappa shape index (κ1) is 15.6. The number of benzene rings is 1. The van der Waals surface area contributed by atoms with E-state index in [-0.39, 0.29) is 5.91 Å². The Kier molecular flexibility index (Phi) is 3.77. The summed E-state index contributed by atoms with van der Waals surface area (Å²) in [5.74, 6) is 1.57. The Morgan fingerprint density at radius 2 is 1.77 bits per heavy atom. The van der Waals surface area contributed by atoms with E-state index < -0.39 is 0 Å². The van der Waals surface area contributed by atoms with Gasteiger partial charge in [0.2, 0.25) is 0 Å². The van der Waals surface area contributed by atoms with Gasteiger partial charge in [-0.05, 0) is 43.2 Å². The van der Waals surface area contributed by atoms with Crippen molar-refractivity contribution in [1.82, 2.24) is 23.8 Å². The molecule has 3 heterocycles. The van der Waals surface area contributed by atoms with Crippen LogP contribution in [0, 0.1) is 0 Å². The fraction of sp³-hybridized carbons (Fsp3) is 0.389. The van der Waals surface area contributed by atoms with E-state index in [1.54, 1.807) is 0 Å². The molecule has 2 aromatic heterocycles. The zero-order chi connectivity index (χ0) is 17.5. The fourth-order valence-electron chi connectivity index (χ4n) is 3.34. The van der Waals surface area contributed by atoms with Crippen LogP contribution < -0.4 is 4.90 Å². The molecule has 1 aliphatic heterocycles. The molecule has 7 nitrogen and oxygen atoms in total. The van der Waals surface area contributed by atoms with Crippen molar-refractivity contribution in [3.05, 3.63) is 41.6 Å². The Labute approximate surface area is 155 Å². The molecule has 1 saturated carbocycles. The third-order valence-electron chi connectivity index (χ3n) is 5.06. The summed E-state index contributed by atoms with van der Waals surface area (Å²) in [5.41, 5.74) is 3.40. The fourth-order valence-corrected chi connectivity index (χ4v) is 3.85. The van der Waals surface area contributed by atoms with Gasteiger partial charge < -0.3 is 9.80 Å². The average molecular weight is 366 g/mol. The van der Waals surface area contributed by atoms with E-state index >= 15 is 0 Å². The van der Waals surface area contributed by atoms with E-state index in [1.165, 1.54) is 24.6 Å². The predicted octanol–water partition coefficient (Wildman–Crippen LogP) is 2.32. The summed E-state index contributed by atoms with van der Waals surface area (Å²) < 4.78 is 8.40. The monoisotopic (exact) mass is 366 g/mol. The molecule has 0 bridgehead atoms. The maximum absolute atomic E-state index is 12.8. The summed E-state index contributed by atoms with van der Waals surface area (Å²) in [6.07, 6.45) is 2.47. The highest BCUT2D eigenvalue weighted by Gasteiger charge is 2.26. The second kappa shape index (κ2) is 6.28. The Morgan fingerprint density at radius 1 is 0.962 bits per heavy atom. The van der Waals surface area contributed by atoms with Gasteiger partial charge in [0, 0.05) is 37.7 Å². The minimum absolute atomic E-state index is 0.0507. The molecule has 26 heavy (non-hydrogen) atoms. The molecule has 0 radical (unpaired) electrons. The first-order valence-electron chi connectivity index (χ1n) is 8.88.